The van der Waals surface area contributed by atoms with Crippen molar-refractivity contribution in [3.63, 3.8) is 0 Å². The van der Waals surface area contributed by atoms with Gasteiger partial charge in [0.2, 0.25) is 0 Å². The van der Waals surface area contributed by atoms with Crippen LogP contribution in [0.3, 0.4) is 0 Å². The van der Waals surface area contributed by atoms with Gasteiger partial charge in [-0.1, -0.05) is 29.4 Å². The molecule has 0 aromatic heterocycles. The SMILES string of the molecule is C=CC(C)(O)CC(C=C(C)CCC=C(C)C)OC1OC(CO)C(O)C(O)C1O. The maximum absolute atomic E-state index is 10.4. The van der Waals surface area contributed by atoms with Crippen LogP contribution in [0.5, 0.6) is 0 Å². The van der Waals surface area contributed by atoms with Crippen LogP contribution in [-0.4, -0.2) is 74.6 Å². The molecule has 0 radical (unpaired) electrons. The molecule has 7 heteroatoms. The van der Waals surface area contributed by atoms with Crippen molar-refractivity contribution in [3.05, 3.63) is 36.0 Å². The van der Waals surface area contributed by atoms with Crippen LogP contribution < -0.4 is 0 Å². The van der Waals surface area contributed by atoms with E-state index in [0.717, 1.165) is 18.4 Å². The molecule has 7 atom stereocenters. The lowest BCUT2D eigenvalue weighted by Crippen LogP contribution is -2.59. The lowest BCUT2D eigenvalue weighted by atomic mass is 9.96. The van der Waals surface area contributed by atoms with Gasteiger partial charge in [-0.05, 0) is 40.5 Å². The van der Waals surface area contributed by atoms with Crippen LogP contribution in [-0.2, 0) is 9.47 Å². The van der Waals surface area contributed by atoms with Crippen molar-refractivity contribution in [3.8, 4) is 0 Å². The van der Waals surface area contributed by atoms with E-state index in [0.29, 0.717) is 0 Å². The van der Waals surface area contributed by atoms with E-state index in [2.05, 4.69) is 12.7 Å². The minimum absolute atomic E-state index is 0.158. The Bertz CT molecular complexity index is 549. The number of aliphatic hydroxyl groups is 5. The number of aliphatic hydroxyl groups excluding tert-OH is 4. The smallest absolute Gasteiger partial charge is 0.187 e. The largest absolute Gasteiger partial charge is 0.394 e. The lowest BCUT2D eigenvalue weighted by Gasteiger charge is -2.41. The minimum Gasteiger partial charge on any atom is -0.394 e. The lowest BCUT2D eigenvalue weighted by molar-refractivity contribution is -0.309. The first kappa shape index (κ1) is 25.0. The Balaban J connectivity index is 2.95. The average molecular weight is 401 g/mol. The van der Waals surface area contributed by atoms with Gasteiger partial charge in [-0.15, -0.1) is 6.58 Å². The molecule has 1 aliphatic rings. The maximum Gasteiger partial charge on any atom is 0.187 e. The van der Waals surface area contributed by atoms with Crippen molar-refractivity contribution in [2.45, 2.75) is 89.4 Å². The highest BCUT2D eigenvalue weighted by Gasteiger charge is 2.45. The van der Waals surface area contributed by atoms with Gasteiger partial charge in [-0.25, -0.2) is 0 Å². The summed E-state index contributed by atoms with van der Waals surface area (Å²) in [5, 5.41) is 49.8. The van der Waals surface area contributed by atoms with E-state index in [-0.39, 0.29) is 6.42 Å². The molecule has 162 valence electrons. The Labute approximate surface area is 167 Å². The molecular weight excluding hydrogens is 364 g/mol. The zero-order chi connectivity index (χ0) is 21.5. The molecule has 0 aromatic carbocycles. The first-order valence-corrected chi connectivity index (χ1v) is 9.63. The number of ether oxygens (including phenoxy) is 2. The third kappa shape index (κ3) is 7.75. The maximum atomic E-state index is 10.4. The highest BCUT2D eigenvalue weighted by atomic mass is 16.7. The summed E-state index contributed by atoms with van der Waals surface area (Å²) in [6.45, 7) is 10.7. The summed E-state index contributed by atoms with van der Waals surface area (Å²) in [5.74, 6) is 0. The molecule has 0 spiro atoms. The van der Waals surface area contributed by atoms with Gasteiger partial charge in [0.15, 0.2) is 6.29 Å². The normalized spacial score (nSPS) is 31.8. The second-order valence-electron chi connectivity index (χ2n) is 7.97. The van der Waals surface area contributed by atoms with Crippen molar-refractivity contribution in [2.75, 3.05) is 6.61 Å². The van der Waals surface area contributed by atoms with Crippen molar-refractivity contribution < 1.29 is 35.0 Å². The Morgan fingerprint density at radius 1 is 1.18 bits per heavy atom. The highest BCUT2D eigenvalue weighted by Crippen LogP contribution is 2.26. The summed E-state index contributed by atoms with van der Waals surface area (Å²) < 4.78 is 11.3. The summed E-state index contributed by atoms with van der Waals surface area (Å²) in [6, 6.07) is 0. The molecule has 7 unspecified atom stereocenters. The van der Waals surface area contributed by atoms with Gasteiger partial charge < -0.3 is 35.0 Å². The quantitative estimate of drug-likeness (QED) is 0.349. The van der Waals surface area contributed by atoms with Crippen molar-refractivity contribution >= 4 is 0 Å². The topological polar surface area (TPSA) is 120 Å². The monoisotopic (exact) mass is 400 g/mol. The van der Waals surface area contributed by atoms with Crippen LogP contribution in [0.25, 0.3) is 0 Å². The molecule has 1 heterocycles. The summed E-state index contributed by atoms with van der Waals surface area (Å²) in [5.41, 5.74) is 1.05. The predicted molar refractivity (Wildman–Crippen MR) is 107 cm³/mol. The van der Waals surface area contributed by atoms with E-state index >= 15 is 0 Å². The molecule has 5 N–H and O–H groups in total. The van der Waals surface area contributed by atoms with E-state index in [1.54, 1.807) is 6.92 Å². The Hall–Kier alpha value is -1.06. The van der Waals surface area contributed by atoms with E-state index in [4.69, 9.17) is 9.47 Å². The number of hydrogen-bond acceptors (Lipinski definition) is 7. The van der Waals surface area contributed by atoms with E-state index in [1.807, 2.05) is 26.8 Å². The molecule has 0 aliphatic carbocycles. The zero-order valence-electron chi connectivity index (χ0n) is 17.3. The molecule has 0 saturated carbocycles. The highest BCUT2D eigenvalue weighted by molar-refractivity contribution is 5.08. The fraction of sp³-hybridized carbons (Fsp3) is 0.714. The fourth-order valence-corrected chi connectivity index (χ4v) is 2.98. The Morgan fingerprint density at radius 2 is 1.82 bits per heavy atom. The molecule has 0 aromatic rings. The molecule has 0 bridgehead atoms. The molecule has 28 heavy (non-hydrogen) atoms. The van der Waals surface area contributed by atoms with Gasteiger partial charge in [0.25, 0.3) is 0 Å². The molecular formula is C21H36O7. The third-order valence-electron chi connectivity index (χ3n) is 4.77. The van der Waals surface area contributed by atoms with E-state index < -0.39 is 49.0 Å². The molecule has 1 saturated heterocycles. The van der Waals surface area contributed by atoms with E-state index in [1.165, 1.54) is 11.6 Å². The first-order chi connectivity index (χ1) is 13.0. The Kier molecular flexibility index (Phi) is 10.00. The first-order valence-electron chi connectivity index (χ1n) is 9.63. The van der Waals surface area contributed by atoms with Crippen molar-refractivity contribution in [1.82, 2.24) is 0 Å². The number of hydrogen-bond donors (Lipinski definition) is 5. The zero-order valence-corrected chi connectivity index (χ0v) is 17.3. The molecule has 1 rings (SSSR count). The molecule has 0 amide bonds. The summed E-state index contributed by atoms with van der Waals surface area (Å²) >= 11 is 0. The van der Waals surface area contributed by atoms with Gasteiger partial charge in [0.05, 0.1) is 18.3 Å². The predicted octanol–water partition coefficient (Wildman–Crippen LogP) is 1.19. The van der Waals surface area contributed by atoms with Crippen LogP contribution >= 0.6 is 0 Å². The average Bonchev–Trinajstić information content (AvgIpc) is 2.61. The van der Waals surface area contributed by atoms with Gasteiger partial charge >= 0.3 is 0 Å². The second-order valence-corrected chi connectivity index (χ2v) is 7.97. The van der Waals surface area contributed by atoms with Gasteiger partial charge in [-0.3, -0.25) is 0 Å². The van der Waals surface area contributed by atoms with E-state index in [9.17, 15) is 25.5 Å². The van der Waals surface area contributed by atoms with Crippen molar-refractivity contribution in [2.24, 2.45) is 0 Å². The minimum atomic E-state index is -1.51. The standard InChI is InChI=1S/C21H36O7/c1-6-21(5,26)11-15(10-14(4)9-7-8-13(2)3)27-20-19(25)18(24)17(23)16(12-22)28-20/h6,8,10,15-20,22-26H,1,7,9,11-12H2,2-5H3. The van der Waals surface area contributed by atoms with Gasteiger partial charge in [-0.2, -0.15) is 0 Å². The number of rotatable bonds is 10. The van der Waals surface area contributed by atoms with Crippen LogP contribution in [0.4, 0.5) is 0 Å². The fourth-order valence-electron chi connectivity index (χ4n) is 2.98. The van der Waals surface area contributed by atoms with Crippen LogP contribution in [0.1, 0.15) is 47.0 Å². The summed E-state index contributed by atoms with van der Waals surface area (Å²) in [4.78, 5) is 0. The van der Waals surface area contributed by atoms with Crippen LogP contribution in [0, 0.1) is 0 Å². The summed E-state index contributed by atoms with van der Waals surface area (Å²) in [6.07, 6.45) is -0.192. The Morgan fingerprint density at radius 3 is 2.36 bits per heavy atom. The molecule has 1 aliphatic heterocycles. The molecule has 1 fully saturated rings. The molecule has 7 nitrogen and oxygen atoms in total. The summed E-state index contributed by atoms with van der Waals surface area (Å²) in [7, 11) is 0. The van der Waals surface area contributed by atoms with Crippen molar-refractivity contribution in [1.29, 1.82) is 0 Å². The van der Waals surface area contributed by atoms with Gasteiger partial charge in [0.1, 0.15) is 24.4 Å². The van der Waals surface area contributed by atoms with Gasteiger partial charge in [0, 0.05) is 6.42 Å². The van der Waals surface area contributed by atoms with Crippen LogP contribution in [0.15, 0.2) is 36.0 Å². The number of allylic oxidation sites excluding steroid dienone is 3. The third-order valence-corrected chi connectivity index (χ3v) is 4.77. The second kappa shape index (κ2) is 11.2. The van der Waals surface area contributed by atoms with Crippen LogP contribution in [0.2, 0.25) is 0 Å².